The van der Waals surface area contributed by atoms with E-state index in [0.29, 0.717) is 0 Å². The third-order valence-corrected chi connectivity index (χ3v) is 1.14. The van der Waals surface area contributed by atoms with Crippen LogP contribution in [0.4, 0.5) is 0 Å². The molecule has 0 rings (SSSR count). The molecule has 1 atom stereocenters. The molecule has 0 saturated heterocycles. The van der Waals surface area contributed by atoms with Crippen molar-refractivity contribution in [1.29, 1.82) is 5.26 Å². The summed E-state index contributed by atoms with van der Waals surface area (Å²) in [7, 11) is 0. The van der Waals surface area contributed by atoms with E-state index in [1.54, 1.807) is 13.0 Å². The van der Waals surface area contributed by atoms with Crippen LogP contribution in [0, 0.1) is 11.3 Å². The van der Waals surface area contributed by atoms with E-state index in [4.69, 9.17) is 5.26 Å². The lowest BCUT2D eigenvalue weighted by atomic mass is 10.0. The number of hydrogen-bond acceptors (Lipinski definition) is 4. The average molecular weight is 157 g/mol. The molecule has 0 radical (unpaired) electrons. The third kappa shape index (κ3) is 3.01. The molecule has 0 aliphatic carbocycles. The second kappa shape index (κ2) is 3.94. The summed E-state index contributed by atoms with van der Waals surface area (Å²) in [6.45, 7) is 3.11. The number of rotatable bonds is 3. The Morgan fingerprint density at radius 1 is 1.82 bits per heavy atom. The summed E-state index contributed by atoms with van der Waals surface area (Å²) >= 11 is 0. The van der Waals surface area contributed by atoms with Crippen molar-refractivity contribution in [2.75, 3.05) is 6.61 Å². The molecule has 11 heavy (non-hydrogen) atoms. The van der Waals surface area contributed by atoms with E-state index in [9.17, 15) is 9.90 Å². The van der Waals surface area contributed by atoms with Gasteiger partial charge in [-0.1, -0.05) is 0 Å². The van der Waals surface area contributed by atoms with Crippen molar-refractivity contribution in [1.82, 2.24) is 0 Å². The van der Waals surface area contributed by atoms with Crippen LogP contribution in [0.3, 0.4) is 0 Å². The minimum absolute atomic E-state index is 0.209. The van der Waals surface area contributed by atoms with Crippen LogP contribution in [-0.2, 0) is 9.53 Å². The molecule has 1 unspecified atom stereocenters. The lowest BCUT2D eigenvalue weighted by Gasteiger charge is -2.16. The van der Waals surface area contributed by atoms with Crippen molar-refractivity contribution in [2.24, 2.45) is 0 Å². The molecule has 0 saturated carbocycles. The third-order valence-electron chi connectivity index (χ3n) is 1.14. The number of carbonyl (C=O) groups is 1. The molecular formula is C7H11NO3. The van der Waals surface area contributed by atoms with Gasteiger partial charge in [-0.25, -0.2) is 4.79 Å². The number of aliphatic hydroxyl groups is 1. The summed E-state index contributed by atoms with van der Waals surface area (Å²) in [4.78, 5) is 10.8. The van der Waals surface area contributed by atoms with Crippen LogP contribution in [0.5, 0.6) is 0 Å². The molecule has 4 heteroatoms. The lowest BCUT2D eigenvalue weighted by Crippen LogP contribution is -2.36. The molecule has 0 fully saturated rings. The van der Waals surface area contributed by atoms with Gasteiger partial charge in [-0.3, -0.25) is 0 Å². The molecule has 0 bridgehead atoms. The van der Waals surface area contributed by atoms with Crippen LogP contribution in [0.15, 0.2) is 0 Å². The number of ether oxygens (including phenoxy) is 1. The van der Waals surface area contributed by atoms with Crippen LogP contribution < -0.4 is 0 Å². The highest BCUT2D eigenvalue weighted by molar-refractivity contribution is 5.79. The largest absolute Gasteiger partial charge is 0.464 e. The molecule has 62 valence electrons. The Morgan fingerprint density at radius 2 is 2.36 bits per heavy atom. The molecular weight excluding hydrogens is 146 g/mol. The van der Waals surface area contributed by atoms with E-state index in [2.05, 4.69) is 4.74 Å². The topological polar surface area (TPSA) is 70.3 Å². The maximum atomic E-state index is 10.8. The monoisotopic (exact) mass is 157 g/mol. The highest BCUT2D eigenvalue weighted by atomic mass is 16.5. The summed E-state index contributed by atoms with van der Waals surface area (Å²) in [5, 5.41) is 17.4. The van der Waals surface area contributed by atoms with Gasteiger partial charge < -0.3 is 9.84 Å². The van der Waals surface area contributed by atoms with Gasteiger partial charge in [-0.2, -0.15) is 5.26 Å². The highest BCUT2D eigenvalue weighted by Gasteiger charge is 2.31. The maximum Gasteiger partial charge on any atom is 0.338 e. The SMILES string of the molecule is CCOC(=O)C(C)(O)CC#N. The molecule has 0 aliphatic rings. The second-order valence-corrected chi connectivity index (χ2v) is 2.33. The zero-order chi connectivity index (χ0) is 8.91. The maximum absolute atomic E-state index is 10.8. The van der Waals surface area contributed by atoms with Gasteiger partial charge in [-0.15, -0.1) is 0 Å². The molecule has 0 aromatic heterocycles. The molecule has 0 aromatic rings. The van der Waals surface area contributed by atoms with Crippen molar-refractivity contribution in [3.63, 3.8) is 0 Å². The second-order valence-electron chi connectivity index (χ2n) is 2.33. The lowest BCUT2D eigenvalue weighted by molar-refractivity contribution is -0.162. The Kier molecular flexibility index (Phi) is 3.55. The van der Waals surface area contributed by atoms with Gasteiger partial charge in [0, 0.05) is 0 Å². The first-order valence-electron chi connectivity index (χ1n) is 3.31. The minimum atomic E-state index is -1.66. The fraction of sp³-hybridized carbons (Fsp3) is 0.714. The Hall–Kier alpha value is -1.08. The predicted octanol–water partition coefficient (Wildman–Crippen LogP) is 0.214. The van der Waals surface area contributed by atoms with E-state index in [-0.39, 0.29) is 13.0 Å². The number of nitrogens with zero attached hydrogens (tertiary/aromatic N) is 1. The number of nitriles is 1. The smallest absolute Gasteiger partial charge is 0.338 e. The van der Waals surface area contributed by atoms with Gasteiger partial charge in [0.25, 0.3) is 0 Å². The Labute approximate surface area is 65.4 Å². The van der Waals surface area contributed by atoms with E-state index in [1.807, 2.05) is 0 Å². The molecule has 1 N–H and O–H groups in total. The molecule has 0 aromatic carbocycles. The van der Waals surface area contributed by atoms with Gasteiger partial charge in [0.1, 0.15) is 0 Å². The zero-order valence-corrected chi connectivity index (χ0v) is 6.63. The Morgan fingerprint density at radius 3 is 2.73 bits per heavy atom. The fourth-order valence-corrected chi connectivity index (χ4v) is 0.513. The van der Waals surface area contributed by atoms with Crippen LogP contribution in [-0.4, -0.2) is 23.3 Å². The molecule has 0 amide bonds. The summed E-state index contributed by atoms with van der Waals surface area (Å²) in [5.41, 5.74) is -1.66. The first kappa shape index (κ1) is 9.92. The molecule has 0 aliphatic heterocycles. The first-order valence-corrected chi connectivity index (χ1v) is 3.31. The molecule has 0 spiro atoms. The quantitative estimate of drug-likeness (QED) is 0.594. The van der Waals surface area contributed by atoms with Crippen molar-refractivity contribution in [3.8, 4) is 6.07 Å². The van der Waals surface area contributed by atoms with E-state index < -0.39 is 11.6 Å². The Bertz CT molecular complexity index is 181. The van der Waals surface area contributed by atoms with E-state index >= 15 is 0 Å². The predicted molar refractivity (Wildman–Crippen MR) is 37.5 cm³/mol. The van der Waals surface area contributed by atoms with Crippen molar-refractivity contribution >= 4 is 5.97 Å². The summed E-state index contributed by atoms with van der Waals surface area (Å²) in [6, 6.07) is 1.70. The molecule has 0 heterocycles. The van der Waals surface area contributed by atoms with Crippen LogP contribution >= 0.6 is 0 Å². The Balaban J connectivity index is 4.08. The van der Waals surface area contributed by atoms with Gasteiger partial charge in [0.15, 0.2) is 5.60 Å². The highest BCUT2D eigenvalue weighted by Crippen LogP contribution is 2.09. The summed E-state index contributed by atoms with van der Waals surface area (Å²) in [5.74, 6) is -0.749. The van der Waals surface area contributed by atoms with Gasteiger partial charge in [-0.05, 0) is 13.8 Å². The zero-order valence-electron chi connectivity index (χ0n) is 6.63. The van der Waals surface area contributed by atoms with Gasteiger partial charge in [0.05, 0.1) is 19.1 Å². The average Bonchev–Trinajstić information content (AvgIpc) is 1.88. The van der Waals surface area contributed by atoms with Gasteiger partial charge >= 0.3 is 5.97 Å². The van der Waals surface area contributed by atoms with Gasteiger partial charge in [0.2, 0.25) is 0 Å². The number of esters is 1. The van der Waals surface area contributed by atoms with Crippen LogP contribution in [0.1, 0.15) is 20.3 Å². The normalized spacial score (nSPS) is 14.7. The first-order chi connectivity index (χ1) is 5.04. The number of carbonyl (C=O) groups excluding carboxylic acids is 1. The standard InChI is InChI=1S/C7H11NO3/c1-3-11-6(9)7(2,10)4-5-8/h10H,3-4H2,1-2H3. The van der Waals surface area contributed by atoms with Crippen molar-refractivity contribution in [3.05, 3.63) is 0 Å². The summed E-state index contributed by atoms with van der Waals surface area (Å²) in [6.07, 6.45) is -0.244. The van der Waals surface area contributed by atoms with Crippen LogP contribution in [0.2, 0.25) is 0 Å². The number of hydrogen-bond donors (Lipinski definition) is 1. The van der Waals surface area contributed by atoms with Crippen molar-refractivity contribution in [2.45, 2.75) is 25.9 Å². The van der Waals surface area contributed by atoms with E-state index in [1.165, 1.54) is 6.92 Å². The summed E-state index contributed by atoms with van der Waals surface area (Å²) < 4.78 is 4.52. The molecule has 4 nitrogen and oxygen atoms in total. The fourth-order valence-electron chi connectivity index (χ4n) is 0.513. The minimum Gasteiger partial charge on any atom is -0.464 e. The van der Waals surface area contributed by atoms with Crippen molar-refractivity contribution < 1.29 is 14.6 Å². The van der Waals surface area contributed by atoms with E-state index in [0.717, 1.165) is 0 Å². The van der Waals surface area contributed by atoms with Crippen LogP contribution in [0.25, 0.3) is 0 Å².